The number of carbonyl (C=O) groups is 2. The Labute approximate surface area is 175 Å². The first kappa shape index (κ1) is 21.0. The van der Waals surface area contributed by atoms with Crippen LogP contribution in [0.3, 0.4) is 0 Å². The lowest BCUT2D eigenvalue weighted by Crippen LogP contribution is -2.54. The van der Waals surface area contributed by atoms with E-state index in [0.29, 0.717) is 24.3 Å². The van der Waals surface area contributed by atoms with E-state index < -0.39 is 0 Å². The third kappa shape index (κ3) is 5.22. The van der Waals surface area contributed by atoms with Crippen LogP contribution in [-0.4, -0.2) is 47.1 Å². The monoisotopic (exact) mass is 408 g/mol. The average Bonchev–Trinajstić information content (AvgIpc) is 2.74. The van der Waals surface area contributed by atoms with Gasteiger partial charge in [-0.15, -0.1) is 0 Å². The Morgan fingerprint density at radius 1 is 0.900 bits per heavy atom. The summed E-state index contributed by atoms with van der Waals surface area (Å²) in [6.45, 7) is 7.77. The fraction of sp³-hybridized carbons (Fsp3) is 0.273. The fourth-order valence-corrected chi connectivity index (χ4v) is 3.01. The SMILES string of the molecule is C=CCOc1cccnc1C(=O)NC1CC(NC(=O)c2ncccc2OCC=C)C1. The Bertz CT molecular complexity index is 851. The summed E-state index contributed by atoms with van der Waals surface area (Å²) < 4.78 is 11.0. The van der Waals surface area contributed by atoms with E-state index >= 15 is 0 Å². The van der Waals surface area contributed by atoms with Crippen molar-refractivity contribution in [1.29, 1.82) is 0 Å². The molecule has 1 aliphatic rings. The summed E-state index contributed by atoms with van der Waals surface area (Å²) in [5, 5.41) is 5.84. The molecule has 0 aliphatic heterocycles. The molecule has 8 nitrogen and oxygen atoms in total. The van der Waals surface area contributed by atoms with Gasteiger partial charge in [-0.1, -0.05) is 25.3 Å². The zero-order chi connectivity index (χ0) is 21.3. The molecule has 1 saturated carbocycles. The van der Waals surface area contributed by atoms with Gasteiger partial charge in [0.1, 0.15) is 13.2 Å². The molecule has 0 radical (unpaired) electrons. The van der Waals surface area contributed by atoms with Gasteiger partial charge >= 0.3 is 0 Å². The minimum atomic E-state index is -0.311. The molecule has 30 heavy (non-hydrogen) atoms. The maximum absolute atomic E-state index is 12.5. The first-order valence-electron chi connectivity index (χ1n) is 9.61. The molecule has 0 saturated heterocycles. The summed E-state index contributed by atoms with van der Waals surface area (Å²) in [7, 11) is 0. The third-order valence-corrected chi connectivity index (χ3v) is 4.49. The number of ether oxygens (including phenoxy) is 2. The summed E-state index contributed by atoms with van der Waals surface area (Å²) >= 11 is 0. The van der Waals surface area contributed by atoms with Gasteiger partial charge in [0.2, 0.25) is 0 Å². The molecule has 0 spiro atoms. The minimum absolute atomic E-state index is 0.0581. The van der Waals surface area contributed by atoms with E-state index in [1.807, 2.05) is 0 Å². The number of aromatic nitrogens is 2. The van der Waals surface area contributed by atoms with E-state index in [-0.39, 0.29) is 48.5 Å². The molecule has 2 aromatic heterocycles. The zero-order valence-corrected chi connectivity index (χ0v) is 16.5. The number of hydrogen-bond acceptors (Lipinski definition) is 6. The summed E-state index contributed by atoms with van der Waals surface area (Å²) in [5.41, 5.74) is 0.452. The lowest BCUT2D eigenvalue weighted by Gasteiger charge is -2.36. The van der Waals surface area contributed by atoms with Crippen molar-refractivity contribution in [3.8, 4) is 11.5 Å². The van der Waals surface area contributed by atoms with E-state index in [1.165, 1.54) is 0 Å². The van der Waals surface area contributed by atoms with Crippen LogP contribution in [0.2, 0.25) is 0 Å². The van der Waals surface area contributed by atoms with Gasteiger partial charge in [0.25, 0.3) is 11.8 Å². The highest BCUT2D eigenvalue weighted by molar-refractivity contribution is 5.96. The predicted molar refractivity (Wildman–Crippen MR) is 112 cm³/mol. The van der Waals surface area contributed by atoms with Gasteiger partial charge in [-0.25, -0.2) is 9.97 Å². The number of hydrogen-bond donors (Lipinski definition) is 2. The molecule has 2 amide bonds. The molecule has 3 rings (SSSR count). The number of amides is 2. The normalized spacial score (nSPS) is 17.2. The molecule has 2 heterocycles. The standard InChI is InChI=1S/C22H24N4O4/c1-3-11-29-17-7-5-9-23-19(17)21(27)25-15-13-16(14-15)26-22(28)20-18(30-12-4-2)8-6-10-24-20/h3-10,15-16H,1-2,11-14H2,(H,25,27)(H,26,28). The first-order valence-corrected chi connectivity index (χ1v) is 9.61. The maximum atomic E-state index is 12.5. The zero-order valence-electron chi connectivity index (χ0n) is 16.5. The van der Waals surface area contributed by atoms with Gasteiger partial charge in [0.15, 0.2) is 22.9 Å². The third-order valence-electron chi connectivity index (χ3n) is 4.49. The van der Waals surface area contributed by atoms with Crippen LogP contribution in [0, 0.1) is 0 Å². The quantitative estimate of drug-likeness (QED) is 0.585. The molecule has 1 fully saturated rings. The lowest BCUT2D eigenvalue weighted by molar-refractivity contribution is 0.0853. The van der Waals surface area contributed by atoms with Gasteiger partial charge in [-0.05, 0) is 37.1 Å². The van der Waals surface area contributed by atoms with Crippen molar-refractivity contribution < 1.29 is 19.1 Å². The van der Waals surface area contributed by atoms with Gasteiger partial charge in [0.05, 0.1) is 0 Å². The second-order valence-electron chi connectivity index (χ2n) is 6.71. The van der Waals surface area contributed by atoms with E-state index in [0.717, 1.165) is 0 Å². The van der Waals surface area contributed by atoms with Gasteiger partial charge in [-0.3, -0.25) is 9.59 Å². The Kier molecular flexibility index (Phi) is 7.15. The Morgan fingerprint density at radius 2 is 1.33 bits per heavy atom. The first-order chi connectivity index (χ1) is 14.6. The van der Waals surface area contributed by atoms with Crippen LogP contribution in [0.15, 0.2) is 62.0 Å². The Balaban J connectivity index is 1.51. The summed E-state index contributed by atoms with van der Waals surface area (Å²) in [5.74, 6) is 0.186. The maximum Gasteiger partial charge on any atom is 0.273 e. The Hall–Kier alpha value is -3.68. The van der Waals surface area contributed by atoms with Crippen molar-refractivity contribution in [1.82, 2.24) is 20.6 Å². The number of carbonyl (C=O) groups excluding carboxylic acids is 2. The highest BCUT2D eigenvalue weighted by Crippen LogP contribution is 2.23. The molecular formula is C22H24N4O4. The van der Waals surface area contributed by atoms with Crippen molar-refractivity contribution in [3.63, 3.8) is 0 Å². The van der Waals surface area contributed by atoms with Crippen LogP contribution in [0.4, 0.5) is 0 Å². The van der Waals surface area contributed by atoms with Crippen molar-refractivity contribution in [2.24, 2.45) is 0 Å². The molecule has 2 N–H and O–H groups in total. The molecule has 0 atom stereocenters. The minimum Gasteiger partial charge on any atom is -0.487 e. The van der Waals surface area contributed by atoms with Crippen molar-refractivity contribution in [2.45, 2.75) is 24.9 Å². The summed E-state index contributed by atoms with van der Waals surface area (Å²) in [4.78, 5) is 33.3. The van der Waals surface area contributed by atoms with E-state index in [9.17, 15) is 9.59 Å². The summed E-state index contributed by atoms with van der Waals surface area (Å²) in [6.07, 6.45) is 7.51. The molecule has 2 aromatic rings. The lowest BCUT2D eigenvalue weighted by atomic mass is 9.86. The number of nitrogens with zero attached hydrogens (tertiary/aromatic N) is 2. The van der Waals surface area contributed by atoms with Crippen molar-refractivity contribution >= 4 is 11.8 Å². The topological polar surface area (TPSA) is 102 Å². The second kappa shape index (κ2) is 10.2. The molecule has 8 heteroatoms. The van der Waals surface area contributed by atoms with Crippen LogP contribution in [-0.2, 0) is 0 Å². The number of rotatable bonds is 10. The van der Waals surface area contributed by atoms with Crippen molar-refractivity contribution in [2.75, 3.05) is 13.2 Å². The van der Waals surface area contributed by atoms with Crippen LogP contribution in [0.5, 0.6) is 11.5 Å². The highest BCUT2D eigenvalue weighted by atomic mass is 16.5. The van der Waals surface area contributed by atoms with Gasteiger partial charge < -0.3 is 20.1 Å². The Morgan fingerprint density at radius 3 is 1.73 bits per heavy atom. The smallest absolute Gasteiger partial charge is 0.273 e. The highest BCUT2D eigenvalue weighted by Gasteiger charge is 2.33. The number of pyridine rings is 2. The molecule has 0 bridgehead atoms. The van der Waals surface area contributed by atoms with Crippen LogP contribution in [0.25, 0.3) is 0 Å². The second-order valence-corrected chi connectivity index (χ2v) is 6.71. The van der Waals surface area contributed by atoms with E-state index in [1.54, 1.807) is 48.8 Å². The molecule has 0 aromatic carbocycles. The van der Waals surface area contributed by atoms with Gasteiger partial charge in [0, 0.05) is 24.5 Å². The molecule has 1 aliphatic carbocycles. The van der Waals surface area contributed by atoms with Crippen LogP contribution in [0.1, 0.15) is 33.8 Å². The van der Waals surface area contributed by atoms with E-state index in [2.05, 4.69) is 33.8 Å². The molecule has 156 valence electrons. The number of nitrogens with one attached hydrogen (secondary N) is 2. The summed E-state index contributed by atoms with van der Waals surface area (Å²) in [6, 6.07) is 6.67. The predicted octanol–water partition coefficient (Wildman–Crippen LogP) is 2.30. The average molecular weight is 408 g/mol. The van der Waals surface area contributed by atoms with Crippen molar-refractivity contribution in [3.05, 3.63) is 73.4 Å². The fourth-order valence-electron chi connectivity index (χ4n) is 3.01. The van der Waals surface area contributed by atoms with E-state index in [4.69, 9.17) is 9.47 Å². The van der Waals surface area contributed by atoms with Crippen LogP contribution >= 0.6 is 0 Å². The molecular weight excluding hydrogens is 384 g/mol. The largest absolute Gasteiger partial charge is 0.487 e. The van der Waals surface area contributed by atoms with Crippen LogP contribution < -0.4 is 20.1 Å². The molecule has 0 unspecified atom stereocenters. The van der Waals surface area contributed by atoms with Gasteiger partial charge in [-0.2, -0.15) is 0 Å².